The van der Waals surface area contributed by atoms with E-state index in [0.717, 1.165) is 18.9 Å². The van der Waals surface area contributed by atoms with Crippen molar-refractivity contribution in [3.05, 3.63) is 35.4 Å². The molecule has 0 fully saturated rings. The topological polar surface area (TPSA) is 68.8 Å². The normalized spacial score (nSPS) is 18.4. The third-order valence-corrected chi connectivity index (χ3v) is 3.81. The van der Waals surface area contributed by atoms with Gasteiger partial charge in [0.2, 0.25) is 11.9 Å². The minimum atomic E-state index is 0.176. The predicted molar refractivity (Wildman–Crippen MR) is 80.8 cm³/mol. The highest BCUT2D eigenvalue weighted by atomic mass is 15.4. The van der Waals surface area contributed by atoms with Gasteiger partial charge in [0.15, 0.2) is 0 Å². The Morgan fingerprint density at radius 3 is 2.60 bits per heavy atom. The number of anilines is 2. The van der Waals surface area contributed by atoms with Crippen LogP contribution < -0.4 is 11.1 Å². The lowest BCUT2D eigenvalue weighted by molar-refractivity contribution is 0.480. The van der Waals surface area contributed by atoms with E-state index in [9.17, 15) is 0 Å². The van der Waals surface area contributed by atoms with Crippen molar-refractivity contribution in [2.45, 2.75) is 38.6 Å². The number of nitrogens with two attached hydrogens (primary N) is 1. The van der Waals surface area contributed by atoms with Crippen molar-refractivity contribution in [3.63, 3.8) is 0 Å². The summed E-state index contributed by atoms with van der Waals surface area (Å²) in [5, 5.41) is 7.53. The van der Waals surface area contributed by atoms with Crippen molar-refractivity contribution in [3.8, 4) is 0 Å². The monoisotopic (exact) mass is 271 g/mol. The summed E-state index contributed by atoms with van der Waals surface area (Å²) < 4.78 is 1.89. The number of nitrogen functional groups attached to an aromatic ring is 1. The molecule has 3 N–H and O–H groups in total. The SMILES string of the molecule is CC(C)(C)c1ccc(C2CCNc3nc(N)nn32)cc1. The number of nitrogens with one attached hydrogen (secondary N) is 1. The first-order chi connectivity index (χ1) is 9.45. The molecule has 20 heavy (non-hydrogen) atoms. The molecule has 0 amide bonds. The van der Waals surface area contributed by atoms with Gasteiger partial charge in [-0.2, -0.15) is 4.98 Å². The predicted octanol–water partition coefficient (Wildman–Crippen LogP) is 2.56. The highest BCUT2D eigenvalue weighted by Crippen LogP contribution is 2.30. The molecule has 1 unspecified atom stereocenters. The first-order valence-corrected chi connectivity index (χ1v) is 7.01. The quantitative estimate of drug-likeness (QED) is 0.836. The molecule has 2 aromatic rings. The molecule has 0 radical (unpaired) electrons. The van der Waals surface area contributed by atoms with E-state index in [0.29, 0.717) is 5.95 Å². The first-order valence-electron chi connectivity index (χ1n) is 7.01. The fourth-order valence-corrected chi connectivity index (χ4v) is 2.63. The van der Waals surface area contributed by atoms with Crippen LogP contribution >= 0.6 is 0 Å². The lowest BCUT2D eigenvalue weighted by Crippen LogP contribution is -2.24. The van der Waals surface area contributed by atoms with E-state index < -0.39 is 0 Å². The Bertz CT molecular complexity index is 606. The Labute approximate surface area is 119 Å². The van der Waals surface area contributed by atoms with Crippen molar-refractivity contribution >= 4 is 11.9 Å². The van der Waals surface area contributed by atoms with Gasteiger partial charge in [-0.15, -0.1) is 5.10 Å². The summed E-state index contributed by atoms with van der Waals surface area (Å²) in [7, 11) is 0. The number of benzene rings is 1. The molecule has 2 heterocycles. The van der Waals surface area contributed by atoms with Crippen LogP contribution in [0.2, 0.25) is 0 Å². The van der Waals surface area contributed by atoms with Gasteiger partial charge in [0.1, 0.15) is 0 Å². The summed E-state index contributed by atoms with van der Waals surface area (Å²) in [5.41, 5.74) is 8.47. The molecule has 0 bridgehead atoms. The maximum Gasteiger partial charge on any atom is 0.241 e. The Morgan fingerprint density at radius 2 is 1.95 bits per heavy atom. The molecular weight excluding hydrogens is 250 g/mol. The second-order valence-electron chi connectivity index (χ2n) is 6.34. The fraction of sp³-hybridized carbons (Fsp3) is 0.467. The summed E-state index contributed by atoms with van der Waals surface area (Å²) in [6, 6.07) is 9.01. The van der Waals surface area contributed by atoms with Crippen LogP contribution in [-0.4, -0.2) is 21.3 Å². The van der Waals surface area contributed by atoms with Crippen molar-refractivity contribution in [1.29, 1.82) is 0 Å². The molecule has 3 rings (SSSR count). The number of fused-ring (bicyclic) bond motifs is 1. The Kier molecular flexibility index (Phi) is 2.92. The summed E-state index contributed by atoms with van der Waals surface area (Å²) in [5.74, 6) is 1.09. The average Bonchev–Trinajstić information content (AvgIpc) is 2.78. The van der Waals surface area contributed by atoms with Crippen molar-refractivity contribution in [2.75, 3.05) is 17.6 Å². The molecule has 5 nitrogen and oxygen atoms in total. The maximum absolute atomic E-state index is 5.70. The average molecular weight is 271 g/mol. The maximum atomic E-state index is 5.70. The molecule has 0 saturated carbocycles. The van der Waals surface area contributed by atoms with Gasteiger partial charge < -0.3 is 11.1 Å². The van der Waals surface area contributed by atoms with Gasteiger partial charge >= 0.3 is 0 Å². The number of aromatic nitrogens is 3. The van der Waals surface area contributed by atoms with Gasteiger partial charge in [-0.1, -0.05) is 45.0 Å². The molecule has 0 spiro atoms. The highest BCUT2D eigenvalue weighted by Gasteiger charge is 2.24. The van der Waals surface area contributed by atoms with Gasteiger partial charge in [0, 0.05) is 6.54 Å². The summed E-state index contributed by atoms with van der Waals surface area (Å²) in [6.07, 6.45) is 0.991. The minimum absolute atomic E-state index is 0.176. The molecular formula is C15H21N5. The molecule has 1 aliphatic heterocycles. The van der Waals surface area contributed by atoms with Crippen molar-refractivity contribution < 1.29 is 0 Å². The largest absolute Gasteiger partial charge is 0.366 e. The Morgan fingerprint density at radius 1 is 1.25 bits per heavy atom. The number of nitrogens with zero attached hydrogens (tertiary/aromatic N) is 3. The lowest BCUT2D eigenvalue weighted by atomic mass is 9.86. The summed E-state index contributed by atoms with van der Waals surface area (Å²) in [6.45, 7) is 7.57. The van der Waals surface area contributed by atoms with Crippen LogP contribution in [0.3, 0.4) is 0 Å². The molecule has 1 aromatic carbocycles. The van der Waals surface area contributed by atoms with E-state index in [1.54, 1.807) is 0 Å². The van der Waals surface area contributed by atoms with Crippen molar-refractivity contribution in [2.24, 2.45) is 0 Å². The van der Waals surface area contributed by atoms with Crippen LogP contribution in [0.15, 0.2) is 24.3 Å². The molecule has 1 aromatic heterocycles. The van der Waals surface area contributed by atoms with Gasteiger partial charge in [-0.3, -0.25) is 0 Å². The van der Waals surface area contributed by atoms with E-state index in [1.165, 1.54) is 11.1 Å². The second kappa shape index (κ2) is 4.51. The van der Waals surface area contributed by atoms with Crippen LogP contribution in [0.1, 0.15) is 44.4 Å². The zero-order valence-electron chi connectivity index (χ0n) is 12.2. The Balaban J connectivity index is 1.94. The number of hydrogen-bond donors (Lipinski definition) is 2. The smallest absolute Gasteiger partial charge is 0.241 e. The van der Waals surface area contributed by atoms with Crippen LogP contribution in [0, 0.1) is 0 Å². The van der Waals surface area contributed by atoms with Crippen LogP contribution in [-0.2, 0) is 5.41 Å². The van der Waals surface area contributed by atoms with Crippen molar-refractivity contribution in [1.82, 2.24) is 14.8 Å². The third-order valence-electron chi connectivity index (χ3n) is 3.81. The first kappa shape index (κ1) is 13.0. The van der Waals surface area contributed by atoms with Gasteiger partial charge in [-0.25, -0.2) is 4.68 Å². The molecule has 1 atom stereocenters. The van der Waals surface area contributed by atoms with Crippen LogP contribution in [0.5, 0.6) is 0 Å². The zero-order chi connectivity index (χ0) is 14.3. The highest BCUT2D eigenvalue weighted by molar-refractivity contribution is 5.38. The minimum Gasteiger partial charge on any atom is -0.366 e. The summed E-state index contributed by atoms with van der Waals surface area (Å²) in [4.78, 5) is 4.20. The van der Waals surface area contributed by atoms with Gasteiger partial charge in [0.25, 0.3) is 0 Å². The van der Waals surface area contributed by atoms with E-state index in [4.69, 9.17) is 5.73 Å². The number of rotatable bonds is 1. The molecule has 1 aliphatic rings. The van der Waals surface area contributed by atoms with E-state index in [1.807, 2.05) is 4.68 Å². The standard InChI is InChI=1S/C15H21N5/c1-15(2,3)11-6-4-10(5-7-11)12-8-9-17-14-18-13(16)19-20(12)14/h4-7,12H,8-9H2,1-3H3,(H3,16,17,18,19). The number of hydrogen-bond acceptors (Lipinski definition) is 4. The van der Waals surface area contributed by atoms with Gasteiger partial charge in [-0.05, 0) is 23.0 Å². The molecule has 0 aliphatic carbocycles. The van der Waals surface area contributed by atoms with E-state index >= 15 is 0 Å². The van der Waals surface area contributed by atoms with Crippen LogP contribution in [0.4, 0.5) is 11.9 Å². The second-order valence-corrected chi connectivity index (χ2v) is 6.34. The van der Waals surface area contributed by atoms with Crippen LogP contribution in [0.25, 0.3) is 0 Å². The molecule has 106 valence electrons. The molecule has 0 saturated heterocycles. The summed E-state index contributed by atoms with van der Waals surface area (Å²) >= 11 is 0. The fourth-order valence-electron chi connectivity index (χ4n) is 2.63. The van der Waals surface area contributed by atoms with E-state index in [-0.39, 0.29) is 11.5 Å². The molecule has 5 heteroatoms. The zero-order valence-corrected chi connectivity index (χ0v) is 12.2. The van der Waals surface area contributed by atoms with Gasteiger partial charge in [0.05, 0.1) is 6.04 Å². The third kappa shape index (κ3) is 2.24. The Hall–Kier alpha value is -2.04. The van der Waals surface area contributed by atoms with E-state index in [2.05, 4.69) is 60.4 Å². The lowest BCUT2D eigenvalue weighted by Gasteiger charge is -2.25.